The van der Waals surface area contributed by atoms with E-state index in [1.54, 1.807) is 13.8 Å². The predicted molar refractivity (Wildman–Crippen MR) is 75.9 cm³/mol. The molecule has 1 rings (SSSR count). The first kappa shape index (κ1) is 15.4. The van der Waals surface area contributed by atoms with Gasteiger partial charge in [0.25, 0.3) is 0 Å². The van der Waals surface area contributed by atoms with Crippen molar-refractivity contribution in [1.82, 2.24) is 0 Å². The van der Waals surface area contributed by atoms with Gasteiger partial charge in [-0.15, -0.1) is 0 Å². The summed E-state index contributed by atoms with van der Waals surface area (Å²) in [6.45, 7) is 3.24. The first-order valence-electron chi connectivity index (χ1n) is 5.48. The van der Waals surface area contributed by atoms with E-state index in [1.807, 2.05) is 28.7 Å². The van der Waals surface area contributed by atoms with Crippen molar-refractivity contribution in [3.63, 3.8) is 0 Å². The Hall–Kier alpha value is -1.69. The van der Waals surface area contributed by atoms with E-state index in [4.69, 9.17) is 10.00 Å². The second-order valence-electron chi connectivity index (χ2n) is 3.76. The Bertz CT molecular complexity index is 566. The zero-order valence-electron chi connectivity index (χ0n) is 10.3. The maximum absolute atomic E-state index is 11.5. The SMILES string of the molecule is CCC(=O)C(C)Oc1c(I)cc(C#N)cc1[N+](=O)[O-]. The van der Waals surface area contributed by atoms with E-state index in [0.717, 1.165) is 6.07 Å². The number of hydrogen-bond acceptors (Lipinski definition) is 5. The minimum absolute atomic E-state index is 0.0268. The molecule has 0 aliphatic carbocycles. The van der Waals surface area contributed by atoms with E-state index in [1.165, 1.54) is 6.07 Å². The van der Waals surface area contributed by atoms with Gasteiger partial charge in [-0.3, -0.25) is 14.9 Å². The third-order valence-corrected chi connectivity index (χ3v) is 3.25. The smallest absolute Gasteiger partial charge is 0.313 e. The number of nitro groups is 1. The van der Waals surface area contributed by atoms with E-state index in [-0.39, 0.29) is 22.8 Å². The first-order chi connectivity index (χ1) is 8.90. The lowest BCUT2D eigenvalue weighted by Gasteiger charge is -2.14. The minimum atomic E-state index is -0.759. The number of carbonyl (C=O) groups is 1. The molecule has 6 nitrogen and oxygen atoms in total. The van der Waals surface area contributed by atoms with Crippen LogP contribution in [-0.4, -0.2) is 16.8 Å². The third kappa shape index (κ3) is 3.64. The summed E-state index contributed by atoms with van der Waals surface area (Å²) in [5, 5.41) is 19.8. The summed E-state index contributed by atoms with van der Waals surface area (Å²) in [6, 6.07) is 4.46. The second-order valence-corrected chi connectivity index (χ2v) is 4.92. The summed E-state index contributed by atoms with van der Waals surface area (Å²) >= 11 is 1.85. The van der Waals surface area contributed by atoms with Gasteiger partial charge in [-0.1, -0.05) is 6.92 Å². The van der Waals surface area contributed by atoms with E-state index in [0.29, 0.717) is 9.99 Å². The molecule has 7 heteroatoms. The zero-order chi connectivity index (χ0) is 14.6. The van der Waals surface area contributed by atoms with Crippen molar-refractivity contribution in [3.05, 3.63) is 31.4 Å². The van der Waals surface area contributed by atoms with Crippen LogP contribution < -0.4 is 4.74 Å². The average Bonchev–Trinajstić information content (AvgIpc) is 2.39. The van der Waals surface area contributed by atoms with Gasteiger partial charge in [-0.2, -0.15) is 5.26 Å². The number of hydrogen-bond donors (Lipinski definition) is 0. The molecule has 0 saturated carbocycles. The fourth-order valence-electron chi connectivity index (χ4n) is 1.43. The van der Waals surface area contributed by atoms with E-state index in [9.17, 15) is 14.9 Å². The molecule has 0 spiro atoms. The van der Waals surface area contributed by atoms with Gasteiger partial charge in [0.05, 0.1) is 20.1 Å². The fraction of sp³-hybridized carbons (Fsp3) is 0.333. The highest BCUT2D eigenvalue weighted by Gasteiger charge is 2.24. The zero-order valence-corrected chi connectivity index (χ0v) is 12.5. The third-order valence-electron chi connectivity index (χ3n) is 2.45. The number of halogens is 1. The van der Waals surface area contributed by atoms with E-state index in [2.05, 4.69) is 0 Å². The summed E-state index contributed by atoms with van der Waals surface area (Å²) in [5.41, 5.74) is -0.128. The van der Waals surface area contributed by atoms with Gasteiger partial charge in [0.15, 0.2) is 11.9 Å². The Morgan fingerprint density at radius 3 is 2.74 bits per heavy atom. The number of nitro benzene ring substituents is 1. The van der Waals surface area contributed by atoms with Crippen LogP contribution in [-0.2, 0) is 4.79 Å². The Kier molecular flexibility index (Phi) is 5.23. The van der Waals surface area contributed by atoms with Gasteiger partial charge in [-0.25, -0.2) is 0 Å². The van der Waals surface area contributed by atoms with Crippen LogP contribution in [0.4, 0.5) is 5.69 Å². The molecule has 1 aromatic rings. The molecule has 1 atom stereocenters. The van der Waals surface area contributed by atoms with E-state index < -0.39 is 11.0 Å². The van der Waals surface area contributed by atoms with Gasteiger partial charge in [0, 0.05) is 12.5 Å². The average molecular weight is 374 g/mol. The number of ketones is 1. The topological polar surface area (TPSA) is 93.2 Å². The normalized spacial score (nSPS) is 11.5. The molecule has 0 amide bonds. The Balaban J connectivity index is 3.23. The van der Waals surface area contributed by atoms with Crippen LogP contribution in [0.15, 0.2) is 12.1 Å². The maximum atomic E-state index is 11.5. The molecule has 0 bridgehead atoms. The van der Waals surface area contributed by atoms with Crippen LogP contribution in [0.3, 0.4) is 0 Å². The van der Waals surface area contributed by atoms with Crippen molar-refractivity contribution >= 4 is 34.1 Å². The van der Waals surface area contributed by atoms with Crippen LogP contribution in [0, 0.1) is 25.0 Å². The lowest BCUT2D eigenvalue weighted by Crippen LogP contribution is -2.23. The summed E-state index contributed by atoms with van der Waals surface area (Å²) < 4.78 is 5.81. The highest BCUT2D eigenvalue weighted by Crippen LogP contribution is 2.34. The van der Waals surface area contributed by atoms with Crippen molar-refractivity contribution < 1.29 is 14.5 Å². The van der Waals surface area contributed by atoms with Crippen LogP contribution in [0.1, 0.15) is 25.8 Å². The van der Waals surface area contributed by atoms with E-state index >= 15 is 0 Å². The Morgan fingerprint density at radius 1 is 1.63 bits per heavy atom. The van der Waals surface area contributed by atoms with Gasteiger partial charge in [0.2, 0.25) is 5.75 Å². The molecule has 0 N–H and O–H groups in total. The van der Waals surface area contributed by atoms with Gasteiger partial charge < -0.3 is 4.74 Å². The van der Waals surface area contributed by atoms with Crippen LogP contribution in [0.5, 0.6) is 5.75 Å². The molecule has 0 fully saturated rings. The molecule has 1 aromatic carbocycles. The second kappa shape index (κ2) is 6.47. The Morgan fingerprint density at radius 2 is 2.26 bits per heavy atom. The number of rotatable bonds is 5. The van der Waals surface area contributed by atoms with Crippen molar-refractivity contribution in [2.75, 3.05) is 0 Å². The Labute approximate surface area is 123 Å². The molecular weight excluding hydrogens is 363 g/mol. The molecule has 0 heterocycles. The van der Waals surface area contributed by atoms with Crippen LogP contribution >= 0.6 is 22.6 Å². The highest BCUT2D eigenvalue weighted by molar-refractivity contribution is 14.1. The summed E-state index contributed by atoms with van der Waals surface area (Å²) in [5.74, 6) is -0.117. The molecule has 0 aliphatic heterocycles. The van der Waals surface area contributed by atoms with Gasteiger partial charge >= 0.3 is 5.69 Å². The molecule has 100 valence electrons. The molecule has 0 saturated heterocycles. The van der Waals surface area contributed by atoms with Crippen molar-refractivity contribution in [2.24, 2.45) is 0 Å². The number of ether oxygens (including phenoxy) is 1. The number of Topliss-reactive ketones (excluding diaryl/α,β-unsaturated/α-hetero) is 1. The monoisotopic (exact) mass is 374 g/mol. The number of carbonyl (C=O) groups excluding carboxylic acids is 1. The molecule has 0 aromatic heterocycles. The number of benzene rings is 1. The van der Waals surface area contributed by atoms with Crippen LogP contribution in [0.2, 0.25) is 0 Å². The molecule has 0 radical (unpaired) electrons. The van der Waals surface area contributed by atoms with Crippen molar-refractivity contribution in [2.45, 2.75) is 26.4 Å². The van der Waals surface area contributed by atoms with Gasteiger partial charge in [-0.05, 0) is 35.6 Å². The molecular formula is C12H11IN2O4. The summed E-state index contributed by atoms with van der Waals surface area (Å²) in [6.07, 6.45) is -0.466. The molecule has 19 heavy (non-hydrogen) atoms. The quantitative estimate of drug-likeness (QED) is 0.449. The first-order valence-corrected chi connectivity index (χ1v) is 6.56. The van der Waals surface area contributed by atoms with Crippen molar-refractivity contribution in [1.29, 1.82) is 5.26 Å². The minimum Gasteiger partial charge on any atom is -0.475 e. The molecule has 0 aliphatic rings. The standard InChI is InChI=1S/C12H11IN2O4/c1-3-11(16)7(2)19-12-9(13)4-8(6-14)5-10(12)15(17)18/h4-5,7H,3H2,1-2H3. The summed E-state index contributed by atoms with van der Waals surface area (Å²) in [4.78, 5) is 21.8. The predicted octanol–water partition coefficient (Wildman–Crippen LogP) is 2.82. The van der Waals surface area contributed by atoms with Crippen LogP contribution in [0.25, 0.3) is 0 Å². The van der Waals surface area contributed by atoms with Crippen molar-refractivity contribution in [3.8, 4) is 11.8 Å². The molecule has 1 unspecified atom stereocenters. The highest BCUT2D eigenvalue weighted by atomic mass is 127. The fourth-order valence-corrected chi connectivity index (χ4v) is 2.16. The lowest BCUT2D eigenvalue weighted by atomic mass is 10.2. The van der Waals surface area contributed by atoms with Gasteiger partial charge in [0.1, 0.15) is 0 Å². The largest absolute Gasteiger partial charge is 0.475 e. The number of nitriles is 1. The lowest BCUT2D eigenvalue weighted by molar-refractivity contribution is -0.386. The number of nitrogens with zero attached hydrogens (tertiary/aromatic N) is 2. The maximum Gasteiger partial charge on any atom is 0.313 e. The summed E-state index contributed by atoms with van der Waals surface area (Å²) in [7, 11) is 0.